The van der Waals surface area contributed by atoms with Crippen LogP contribution in [0.25, 0.3) is 0 Å². The van der Waals surface area contributed by atoms with Crippen molar-refractivity contribution in [3.8, 4) is 0 Å². The van der Waals surface area contributed by atoms with E-state index in [0.29, 0.717) is 42.5 Å². The molecule has 1 atom stereocenters. The van der Waals surface area contributed by atoms with Crippen LogP contribution in [-0.4, -0.2) is 41.4 Å². The van der Waals surface area contributed by atoms with E-state index in [-0.39, 0.29) is 29.1 Å². The van der Waals surface area contributed by atoms with Crippen molar-refractivity contribution >= 4 is 35.0 Å². The Hall–Kier alpha value is -4.80. The molecule has 0 radical (unpaired) electrons. The summed E-state index contributed by atoms with van der Waals surface area (Å²) in [5.41, 5.74) is 2.97. The molecule has 1 unspecified atom stereocenters. The molecule has 11 heteroatoms. The summed E-state index contributed by atoms with van der Waals surface area (Å²) in [6, 6.07) is 15.4. The number of benzene rings is 2. The zero-order chi connectivity index (χ0) is 29.9. The molecule has 6 rings (SSSR count). The number of amides is 2. The lowest BCUT2D eigenvalue weighted by molar-refractivity contribution is 0.0992. The first-order valence-electron chi connectivity index (χ1n) is 14.4. The van der Waals surface area contributed by atoms with Gasteiger partial charge in [0.1, 0.15) is 24.0 Å². The molecule has 43 heavy (non-hydrogen) atoms. The third-order valence-electron chi connectivity index (χ3n) is 7.91. The second-order valence-corrected chi connectivity index (χ2v) is 11.0. The molecule has 2 aliphatic heterocycles. The molecule has 0 spiro atoms. The van der Waals surface area contributed by atoms with Gasteiger partial charge >= 0.3 is 0 Å². The monoisotopic (exact) mass is 586 g/mol. The number of carbonyl (C=O) groups excluding carboxylic acids is 2. The Kier molecular flexibility index (Phi) is 8.04. The highest BCUT2D eigenvalue weighted by Gasteiger charge is 2.27. The average molecular weight is 587 g/mol. The predicted molar refractivity (Wildman–Crippen MR) is 160 cm³/mol. The number of alkyl halides is 1. The van der Waals surface area contributed by atoms with Gasteiger partial charge in [-0.3, -0.25) is 9.59 Å². The summed E-state index contributed by atoms with van der Waals surface area (Å²) in [6.07, 6.45) is 4.25. The fourth-order valence-corrected chi connectivity index (χ4v) is 5.71. The zero-order valence-electron chi connectivity index (χ0n) is 23.8. The van der Waals surface area contributed by atoms with E-state index in [0.717, 1.165) is 37.1 Å². The lowest BCUT2D eigenvalue weighted by Gasteiger charge is -2.31. The zero-order valence-corrected chi connectivity index (χ0v) is 23.8. The van der Waals surface area contributed by atoms with E-state index in [1.54, 1.807) is 36.5 Å². The number of anilines is 4. The first-order chi connectivity index (χ1) is 20.9. The summed E-state index contributed by atoms with van der Waals surface area (Å²) in [5, 5.41) is 5.41. The number of nitrogens with zero attached hydrogens (tertiary/aromatic N) is 4. The molecule has 2 aromatic heterocycles. The SMILES string of the molecule is CC1CCCN(c2nc(CF)c(C(=O)Nc3ccc(N4CCc5c(cccc5C(=O)Nc5ccccc5F)C4)nc3)o2)C1. The fourth-order valence-electron chi connectivity index (χ4n) is 5.71. The smallest absolute Gasteiger partial charge is 0.298 e. The van der Waals surface area contributed by atoms with Gasteiger partial charge in [-0.15, -0.1) is 0 Å². The average Bonchev–Trinajstić information content (AvgIpc) is 3.47. The molecular formula is C32H32F2N6O3. The lowest BCUT2D eigenvalue weighted by atomic mass is 9.94. The van der Waals surface area contributed by atoms with Crippen molar-refractivity contribution in [2.75, 3.05) is 40.1 Å². The van der Waals surface area contributed by atoms with Gasteiger partial charge in [-0.05, 0) is 66.6 Å². The van der Waals surface area contributed by atoms with Crippen LogP contribution in [0.3, 0.4) is 0 Å². The van der Waals surface area contributed by atoms with Crippen molar-refractivity contribution in [2.45, 2.75) is 39.4 Å². The number of hydrogen-bond acceptors (Lipinski definition) is 7. The van der Waals surface area contributed by atoms with E-state index in [4.69, 9.17) is 4.42 Å². The molecule has 222 valence electrons. The molecule has 2 N–H and O–H groups in total. The number of piperidine rings is 1. The Morgan fingerprint density at radius 1 is 1.02 bits per heavy atom. The number of fused-ring (bicyclic) bond motifs is 1. The number of halogens is 2. The van der Waals surface area contributed by atoms with Gasteiger partial charge in [-0.1, -0.05) is 31.2 Å². The van der Waals surface area contributed by atoms with Gasteiger partial charge in [-0.25, -0.2) is 13.8 Å². The Bertz CT molecular complexity index is 1640. The van der Waals surface area contributed by atoms with Gasteiger partial charge < -0.3 is 24.9 Å². The molecule has 0 saturated carbocycles. The molecule has 2 aromatic carbocycles. The van der Waals surface area contributed by atoms with E-state index in [9.17, 15) is 18.4 Å². The molecule has 0 bridgehead atoms. The maximum Gasteiger partial charge on any atom is 0.298 e. The van der Waals surface area contributed by atoms with E-state index in [1.165, 1.54) is 12.1 Å². The Morgan fingerprint density at radius 2 is 1.88 bits per heavy atom. The normalized spacial score (nSPS) is 16.5. The van der Waals surface area contributed by atoms with Crippen LogP contribution < -0.4 is 20.4 Å². The van der Waals surface area contributed by atoms with Gasteiger partial charge in [0.15, 0.2) is 0 Å². The van der Waals surface area contributed by atoms with Crippen LogP contribution in [-0.2, 0) is 19.6 Å². The molecular weight excluding hydrogens is 554 g/mol. The molecule has 9 nitrogen and oxygen atoms in total. The van der Waals surface area contributed by atoms with Gasteiger partial charge in [0.05, 0.1) is 17.6 Å². The fraction of sp³-hybridized carbons (Fsp3) is 0.312. The maximum atomic E-state index is 14.1. The minimum absolute atomic E-state index is 0.0239. The highest BCUT2D eigenvalue weighted by molar-refractivity contribution is 6.05. The predicted octanol–water partition coefficient (Wildman–Crippen LogP) is 5.98. The number of carbonyl (C=O) groups is 2. The van der Waals surface area contributed by atoms with Crippen LogP contribution >= 0.6 is 0 Å². The van der Waals surface area contributed by atoms with Crippen LogP contribution in [0.5, 0.6) is 0 Å². The number of oxazole rings is 1. The highest BCUT2D eigenvalue weighted by Crippen LogP contribution is 2.29. The summed E-state index contributed by atoms with van der Waals surface area (Å²) in [6.45, 7) is 3.89. The van der Waals surface area contributed by atoms with Crippen molar-refractivity contribution in [2.24, 2.45) is 5.92 Å². The first-order valence-corrected chi connectivity index (χ1v) is 14.4. The number of pyridine rings is 1. The second-order valence-electron chi connectivity index (χ2n) is 11.0. The number of aromatic nitrogens is 2. The van der Waals surface area contributed by atoms with Crippen LogP contribution in [0.15, 0.2) is 65.2 Å². The summed E-state index contributed by atoms with van der Waals surface area (Å²) >= 11 is 0. The quantitative estimate of drug-likeness (QED) is 0.275. The highest BCUT2D eigenvalue weighted by atomic mass is 19.1. The molecule has 1 fully saturated rings. The van der Waals surface area contributed by atoms with Gasteiger partial charge in [0.25, 0.3) is 17.8 Å². The molecule has 0 aliphatic carbocycles. The minimum Gasteiger partial charge on any atom is -0.418 e. The molecule has 4 heterocycles. The van der Waals surface area contributed by atoms with E-state index in [1.807, 2.05) is 17.0 Å². The first kappa shape index (κ1) is 28.3. The van der Waals surface area contributed by atoms with Crippen molar-refractivity contribution in [1.29, 1.82) is 0 Å². The van der Waals surface area contributed by atoms with Crippen LogP contribution in [0.4, 0.5) is 32.0 Å². The summed E-state index contributed by atoms with van der Waals surface area (Å²) < 4.78 is 33.5. The standard InChI is InChI=1S/C32H32F2N6O3/c1-20-6-5-14-40(18-20)32-38-27(16-33)29(43-32)31(42)36-22-11-12-28(35-17-22)39-15-13-23-21(19-39)7-4-8-24(23)30(41)37-26-10-3-2-9-25(26)34/h2-4,7-12,17,20H,5-6,13-16,18-19H2,1H3,(H,36,42)(H,37,41). The number of hydrogen-bond donors (Lipinski definition) is 2. The van der Waals surface area contributed by atoms with E-state index in [2.05, 4.69) is 32.4 Å². The number of para-hydroxylation sites is 1. The van der Waals surface area contributed by atoms with Gasteiger partial charge in [0.2, 0.25) is 5.76 Å². The molecule has 1 saturated heterocycles. The lowest BCUT2D eigenvalue weighted by Crippen LogP contribution is -2.34. The molecule has 4 aromatic rings. The number of rotatable bonds is 7. The third kappa shape index (κ3) is 6.06. The van der Waals surface area contributed by atoms with E-state index >= 15 is 0 Å². The van der Waals surface area contributed by atoms with Crippen molar-refractivity contribution in [3.05, 3.63) is 94.8 Å². The Morgan fingerprint density at radius 3 is 2.65 bits per heavy atom. The Balaban J connectivity index is 1.11. The van der Waals surface area contributed by atoms with Crippen LogP contribution in [0.1, 0.15) is 57.5 Å². The van der Waals surface area contributed by atoms with Gasteiger partial charge in [0, 0.05) is 31.7 Å². The summed E-state index contributed by atoms with van der Waals surface area (Å²) in [5.74, 6) is -0.388. The molecule has 2 aliphatic rings. The topological polar surface area (TPSA) is 104 Å². The van der Waals surface area contributed by atoms with Crippen LogP contribution in [0.2, 0.25) is 0 Å². The van der Waals surface area contributed by atoms with Gasteiger partial charge in [-0.2, -0.15) is 4.98 Å². The van der Waals surface area contributed by atoms with Crippen molar-refractivity contribution < 1.29 is 22.8 Å². The van der Waals surface area contributed by atoms with Crippen molar-refractivity contribution in [1.82, 2.24) is 9.97 Å². The second kappa shape index (κ2) is 12.2. The summed E-state index contributed by atoms with van der Waals surface area (Å²) in [4.78, 5) is 38.8. The number of nitrogens with one attached hydrogen (secondary N) is 2. The maximum absolute atomic E-state index is 14.1. The van der Waals surface area contributed by atoms with Crippen molar-refractivity contribution in [3.63, 3.8) is 0 Å². The Labute approximate surface area is 247 Å². The minimum atomic E-state index is -0.907. The third-order valence-corrected chi connectivity index (χ3v) is 7.91. The van der Waals surface area contributed by atoms with E-state index < -0.39 is 18.4 Å². The van der Waals surface area contributed by atoms with Crippen LogP contribution in [0, 0.1) is 11.7 Å². The summed E-state index contributed by atoms with van der Waals surface area (Å²) in [7, 11) is 0. The largest absolute Gasteiger partial charge is 0.418 e. The molecule has 2 amide bonds.